The number of piperazine rings is 1. The molecule has 0 radical (unpaired) electrons. The largest absolute Gasteiger partial charge is 0.376 e. The highest BCUT2D eigenvalue weighted by Crippen LogP contribution is 2.23. The normalized spacial score (nSPS) is 18.4. The Balaban J connectivity index is 1.37. The maximum atomic E-state index is 13.4. The molecule has 0 spiro atoms. The van der Waals surface area contributed by atoms with Gasteiger partial charge in [0, 0.05) is 38.5 Å². The van der Waals surface area contributed by atoms with Crippen LogP contribution in [0.25, 0.3) is 10.9 Å². The van der Waals surface area contributed by atoms with Crippen LogP contribution in [0.15, 0.2) is 52.1 Å². The minimum Gasteiger partial charge on any atom is -0.376 e. The van der Waals surface area contributed by atoms with Gasteiger partial charge in [-0.15, -0.1) is 0 Å². The number of anilines is 1. The molecular weight excluding hydrogens is 444 g/mol. The van der Waals surface area contributed by atoms with Crippen molar-refractivity contribution in [1.82, 2.24) is 14.0 Å². The molecule has 2 saturated heterocycles. The van der Waals surface area contributed by atoms with Gasteiger partial charge in [-0.25, -0.2) is 4.79 Å². The monoisotopic (exact) mass is 476 g/mol. The molecule has 0 N–H and O–H groups in total. The second-order valence-corrected chi connectivity index (χ2v) is 9.59. The summed E-state index contributed by atoms with van der Waals surface area (Å²) < 4.78 is 8.36. The van der Waals surface area contributed by atoms with Crippen molar-refractivity contribution >= 4 is 22.5 Å². The maximum absolute atomic E-state index is 13.4. The molecule has 1 aromatic heterocycles. The first-order valence-electron chi connectivity index (χ1n) is 12.4. The van der Waals surface area contributed by atoms with E-state index in [9.17, 15) is 14.4 Å². The van der Waals surface area contributed by atoms with Gasteiger partial charge in [-0.05, 0) is 56.0 Å². The molecule has 1 atom stereocenters. The lowest BCUT2D eigenvalue weighted by Crippen LogP contribution is -2.51. The van der Waals surface area contributed by atoms with Crippen molar-refractivity contribution in [3.05, 3.63) is 74.4 Å². The van der Waals surface area contributed by atoms with E-state index in [1.165, 1.54) is 25.9 Å². The van der Waals surface area contributed by atoms with Crippen molar-refractivity contribution in [3.8, 4) is 0 Å². The topological polar surface area (TPSA) is 76.8 Å². The molecule has 2 aromatic carbocycles. The third-order valence-electron chi connectivity index (χ3n) is 7.17. The number of benzene rings is 2. The number of rotatable bonds is 5. The number of carbonyl (C=O) groups excluding carboxylic acids is 1. The summed E-state index contributed by atoms with van der Waals surface area (Å²) in [4.78, 5) is 43.9. The van der Waals surface area contributed by atoms with Crippen LogP contribution in [-0.4, -0.2) is 58.8 Å². The zero-order valence-corrected chi connectivity index (χ0v) is 20.4. The van der Waals surface area contributed by atoms with Crippen LogP contribution in [0.4, 0.5) is 5.69 Å². The van der Waals surface area contributed by atoms with Gasteiger partial charge in [0.2, 0.25) is 5.91 Å². The molecule has 0 aliphatic carbocycles. The SMILES string of the molecule is Cc1ccc(C)c(N2CCN(C(=O)Cn3c(=O)n(CC4CCCO4)c(=O)c4ccccc43)CC2)c1. The summed E-state index contributed by atoms with van der Waals surface area (Å²) in [5.41, 5.74) is 3.36. The van der Waals surface area contributed by atoms with Crippen molar-refractivity contribution in [2.45, 2.75) is 45.9 Å². The number of carbonyl (C=O) groups is 1. The lowest BCUT2D eigenvalue weighted by Gasteiger charge is -2.37. The van der Waals surface area contributed by atoms with Gasteiger partial charge in [0.1, 0.15) is 6.54 Å². The third-order valence-corrected chi connectivity index (χ3v) is 7.17. The van der Waals surface area contributed by atoms with Crippen molar-refractivity contribution < 1.29 is 9.53 Å². The highest BCUT2D eigenvalue weighted by Gasteiger charge is 2.25. The molecule has 2 fully saturated rings. The Bertz CT molecular complexity index is 1360. The predicted octanol–water partition coefficient (Wildman–Crippen LogP) is 2.31. The molecular formula is C27H32N4O4. The Morgan fingerprint density at radius 1 is 1.00 bits per heavy atom. The zero-order valence-electron chi connectivity index (χ0n) is 20.4. The fourth-order valence-electron chi connectivity index (χ4n) is 5.17. The number of fused-ring (bicyclic) bond motifs is 1. The fourth-order valence-corrected chi connectivity index (χ4v) is 5.17. The second-order valence-electron chi connectivity index (χ2n) is 9.59. The van der Waals surface area contributed by atoms with Gasteiger partial charge in [0.15, 0.2) is 0 Å². The first-order valence-corrected chi connectivity index (χ1v) is 12.4. The summed E-state index contributed by atoms with van der Waals surface area (Å²) in [6.45, 7) is 7.63. The molecule has 0 saturated carbocycles. The van der Waals surface area contributed by atoms with E-state index in [1.807, 2.05) is 4.90 Å². The number of hydrogen-bond acceptors (Lipinski definition) is 5. The van der Waals surface area contributed by atoms with Crippen molar-refractivity contribution in [2.75, 3.05) is 37.7 Å². The van der Waals surface area contributed by atoms with E-state index in [1.54, 1.807) is 24.3 Å². The van der Waals surface area contributed by atoms with Gasteiger partial charge in [0.05, 0.1) is 23.6 Å². The summed E-state index contributed by atoms with van der Waals surface area (Å²) in [6.07, 6.45) is 1.60. The van der Waals surface area contributed by atoms with E-state index < -0.39 is 5.69 Å². The molecule has 35 heavy (non-hydrogen) atoms. The first-order chi connectivity index (χ1) is 16.9. The van der Waals surface area contributed by atoms with Crippen molar-refractivity contribution in [2.24, 2.45) is 0 Å². The maximum Gasteiger partial charge on any atom is 0.332 e. The molecule has 184 valence electrons. The molecule has 3 heterocycles. The van der Waals surface area contributed by atoms with E-state index in [-0.39, 0.29) is 30.7 Å². The van der Waals surface area contributed by atoms with E-state index >= 15 is 0 Å². The van der Waals surface area contributed by atoms with Gasteiger partial charge >= 0.3 is 5.69 Å². The molecule has 0 bridgehead atoms. The third kappa shape index (κ3) is 4.62. The molecule has 8 heteroatoms. The predicted molar refractivity (Wildman–Crippen MR) is 136 cm³/mol. The van der Waals surface area contributed by atoms with Crippen LogP contribution in [0.3, 0.4) is 0 Å². The number of nitrogens with zero attached hydrogens (tertiary/aromatic N) is 4. The smallest absolute Gasteiger partial charge is 0.332 e. The van der Waals surface area contributed by atoms with E-state index in [0.717, 1.165) is 25.9 Å². The van der Waals surface area contributed by atoms with Crippen LogP contribution in [-0.2, 0) is 22.6 Å². The molecule has 8 nitrogen and oxygen atoms in total. The molecule has 3 aromatic rings. The Morgan fingerprint density at radius 2 is 1.77 bits per heavy atom. The molecule has 1 unspecified atom stereocenters. The number of para-hydroxylation sites is 1. The highest BCUT2D eigenvalue weighted by atomic mass is 16.5. The number of aryl methyl sites for hydroxylation is 2. The van der Waals surface area contributed by atoms with Crippen molar-refractivity contribution in [1.29, 1.82) is 0 Å². The Kier molecular flexibility index (Phi) is 6.47. The summed E-state index contributed by atoms with van der Waals surface area (Å²) in [5, 5.41) is 0.442. The van der Waals surface area contributed by atoms with Crippen LogP contribution >= 0.6 is 0 Å². The van der Waals surface area contributed by atoms with Gasteiger partial charge in [0.25, 0.3) is 5.56 Å². The average molecular weight is 477 g/mol. The molecule has 2 aliphatic rings. The van der Waals surface area contributed by atoms with Gasteiger partial charge < -0.3 is 14.5 Å². The number of ether oxygens (including phenoxy) is 1. The van der Waals surface area contributed by atoms with Gasteiger partial charge in [-0.3, -0.25) is 18.7 Å². The van der Waals surface area contributed by atoms with E-state index in [2.05, 4.69) is 36.9 Å². The minimum absolute atomic E-state index is 0.0887. The lowest BCUT2D eigenvalue weighted by atomic mass is 10.1. The summed E-state index contributed by atoms with van der Waals surface area (Å²) >= 11 is 0. The Hall–Kier alpha value is -3.39. The first kappa shape index (κ1) is 23.4. The number of aromatic nitrogens is 2. The Labute approximate surface area is 204 Å². The van der Waals surface area contributed by atoms with Crippen LogP contribution < -0.4 is 16.1 Å². The van der Waals surface area contributed by atoms with Crippen LogP contribution in [0, 0.1) is 13.8 Å². The molecule has 1 amide bonds. The Morgan fingerprint density at radius 3 is 2.51 bits per heavy atom. The van der Waals surface area contributed by atoms with E-state index in [4.69, 9.17) is 4.74 Å². The highest BCUT2D eigenvalue weighted by molar-refractivity contribution is 5.82. The van der Waals surface area contributed by atoms with Gasteiger partial charge in [-0.2, -0.15) is 0 Å². The number of hydrogen-bond donors (Lipinski definition) is 0. The quantitative estimate of drug-likeness (QED) is 0.565. The number of amides is 1. The summed E-state index contributed by atoms with van der Waals surface area (Å²) in [7, 11) is 0. The van der Waals surface area contributed by atoms with Crippen molar-refractivity contribution in [3.63, 3.8) is 0 Å². The van der Waals surface area contributed by atoms with E-state index in [0.29, 0.717) is 30.6 Å². The molecule has 2 aliphatic heterocycles. The lowest BCUT2D eigenvalue weighted by molar-refractivity contribution is -0.132. The fraction of sp³-hybridized carbons (Fsp3) is 0.444. The van der Waals surface area contributed by atoms with Crippen LogP contribution in [0.2, 0.25) is 0 Å². The molecule has 5 rings (SSSR count). The standard InChI is InChI=1S/C27H32N4O4/c1-19-9-10-20(2)24(16-19)28-11-13-29(14-12-28)25(32)18-30-23-8-4-3-7-22(23)26(33)31(27(30)34)17-21-6-5-15-35-21/h3-4,7-10,16,21H,5-6,11-15,17-18H2,1-2H3. The second kappa shape index (κ2) is 9.70. The summed E-state index contributed by atoms with van der Waals surface area (Å²) in [5.74, 6) is -0.111. The van der Waals surface area contributed by atoms with Crippen LogP contribution in [0.5, 0.6) is 0 Å². The van der Waals surface area contributed by atoms with Gasteiger partial charge in [-0.1, -0.05) is 24.3 Å². The minimum atomic E-state index is -0.452. The summed E-state index contributed by atoms with van der Waals surface area (Å²) in [6, 6.07) is 13.5. The average Bonchev–Trinajstić information content (AvgIpc) is 3.39. The van der Waals surface area contributed by atoms with Crippen LogP contribution in [0.1, 0.15) is 24.0 Å². The zero-order chi connectivity index (χ0) is 24.5.